The summed E-state index contributed by atoms with van der Waals surface area (Å²) in [5.74, 6) is -1.09. The fourth-order valence-corrected chi connectivity index (χ4v) is 5.10. The zero-order valence-electron chi connectivity index (χ0n) is 17.2. The Labute approximate surface area is 181 Å². The SMILES string of the molecule is O=C(CN1C(=O)[C@@H]2CC[C@@H](c3ccccc3)C[C@H]2C1=O)Nc1cccc2ccccc12. The molecule has 3 aromatic rings. The van der Waals surface area contributed by atoms with Crippen molar-refractivity contribution in [2.45, 2.75) is 25.2 Å². The molecule has 0 aromatic heterocycles. The van der Waals surface area contributed by atoms with Crippen LogP contribution in [0, 0.1) is 11.8 Å². The molecular formula is C26H24N2O3. The average Bonchev–Trinajstić information content (AvgIpc) is 3.04. The Morgan fingerprint density at radius 3 is 2.39 bits per heavy atom. The summed E-state index contributed by atoms with van der Waals surface area (Å²) in [6.07, 6.45) is 2.25. The van der Waals surface area contributed by atoms with Crippen molar-refractivity contribution < 1.29 is 14.4 Å². The van der Waals surface area contributed by atoms with Crippen LogP contribution in [-0.2, 0) is 14.4 Å². The third kappa shape index (κ3) is 3.61. The monoisotopic (exact) mass is 412 g/mol. The highest BCUT2D eigenvalue weighted by atomic mass is 16.2. The number of rotatable bonds is 4. The van der Waals surface area contributed by atoms with Crippen LogP contribution in [0.2, 0.25) is 0 Å². The first-order chi connectivity index (χ1) is 15.1. The van der Waals surface area contributed by atoms with Crippen molar-refractivity contribution in [2.24, 2.45) is 11.8 Å². The van der Waals surface area contributed by atoms with E-state index in [4.69, 9.17) is 0 Å². The summed E-state index contributed by atoms with van der Waals surface area (Å²) in [4.78, 5) is 39.9. The number of imide groups is 1. The Balaban J connectivity index is 1.29. The molecule has 1 N–H and O–H groups in total. The number of anilines is 1. The van der Waals surface area contributed by atoms with Gasteiger partial charge >= 0.3 is 0 Å². The lowest BCUT2D eigenvalue weighted by Gasteiger charge is -2.28. The maximum absolute atomic E-state index is 13.1. The van der Waals surface area contributed by atoms with Crippen LogP contribution in [0.5, 0.6) is 0 Å². The summed E-state index contributed by atoms with van der Waals surface area (Å²) in [6, 6.07) is 23.6. The van der Waals surface area contributed by atoms with Crippen LogP contribution < -0.4 is 5.32 Å². The van der Waals surface area contributed by atoms with Gasteiger partial charge in [0.2, 0.25) is 17.7 Å². The number of fused-ring (bicyclic) bond motifs is 2. The van der Waals surface area contributed by atoms with E-state index in [9.17, 15) is 14.4 Å². The Morgan fingerprint density at radius 1 is 0.839 bits per heavy atom. The summed E-state index contributed by atoms with van der Waals surface area (Å²) in [6.45, 7) is -0.232. The molecule has 31 heavy (non-hydrogen) atoms. The lowest BCUT2D eigenvalue weighted by Crippen LogP contribution is -2.38. The summed E-state index contributed by atoms with van der Waals surface area (Å²) < 4.78 is 0. The molecule has 3 amide bonds. The van der Waals surface area contributed by atoms with Crippen molar-refractivity contribution in [3.05, 3.63) is 78.4 Å². The molecule has 5 nitrogen and oxygen atoms in total. The van der Waals surface area contributed by atoms with Crippen molar-refractivity contribution in [3.8, 4) is 0 Å². The van der Waals surface area contributed by atoms with E-state index in [2.05, 4.69) is 17.4 Å². The van der Waals surface area contributed by atoms with Crippen LogP contribution in [0.1, 0.15) is 30.7 Å². The van der Waals surface area contributed by atoms with Crippen LogP contribution in [0.4, 0.5) is 5.69 Å². The van der Waals surface area contributed by atoms with Gasteiger partial charge in [-0.3, -0.25) is 19.3 Å². The van der Waals surface area contributed by atoms with Crippen molar-refractivity contribution in [1.82, 2.24) is 4.90 Å². The van der Waals surface area contributed by atoms with Gasteiger partial charge in [0.05, 0.1) is 11.8 Å². The number of benzene rings is 3. The molecule has 0 spiro atoms. The van der Waals surface area contributed by atoms with Gasteiger partial charge in [0, 0.05) is 11.1 Å². The van der Waals surface area contributed by atoms with Crippen LogP contribution in [0.3, 0.4) is 0 Å². The van der Waals surface area contributed by atoms with Gasteiger partial charge in [-0.1, -0.05) is 66.7 Å². The van der Waals surface area contributed by atoms with Crippen LogP contribution in [0.15, 0.2) is 72.8 Å². The highest BCUT2D eigenvalue weighted by Gasteiger charge is 2.50. The molecule has 0 unspecified atom stereocenters. The molecule has 5 heteroatoms. The van der Waals surface area contributed by atoms with E-state index < -0.39 is 0 Å². The Kier molecular flexibility index (Phi) is 5.02. The first kappa shape index (κ1) is 19.5. The number of nitrogens with zero attached hydrogens (tertiary/aromatic N) is 1. The molecule has 3 aromatic carbocycles. The molecule has 5 rings (SSSR count). The Hall–Kier alpha value is -3.47. The van der Waals surface area contributed by atoms with Crippen molar-refractivity contribution in [1.29, 1.82) is 0 Å². The number of carbonyl (C=O) groups is 3. The van der Waals surface area contributed by atoms with Gasteiger partial charge in [-0.25, -0.2) is 0 Å². The number of hydrogen-bond donors (Lipinski definition) is 1. The molecule has 0 bridgehead atoms. The highest BCUT2D eigenvalue weighted by molar-refractivity contribution is 6.10. The summed E-state index contributed by atoms with van der Waals surface area (Å²) in [7, 11) is 0. The standard InChI is InChI=1S/C26H24N2O3/c29-24(27-23-12-6-10-18-9-4-5-11-20(18)23)16-28-25(30)21-14-13-19(15-22(21)26(28)31)17-7-2-1-3-8-17/h1-12,19,21-22H,13-16H2,(H,27,29)/t19-,21-,22-/m1/s1. The summed E-state index contributed by atoms with van der Waals surface area (Å²) >= 11 is 0. The van der Waals surface area contributed by atoms with Gasteiger partial charge in [0.15, 0.2) is 0 Å². The van der Waals surface area contributed by atoms with Crippen LogP contribution >= 0.6 is 0 Å². The van der Waals surface area contributed by atoms with E-state index in [1.54, 1.807) is 0 Å². The van der Waals surface area contributed by atoms with Crippen LogP contribution in [0.25, 0.3) is 10.8 Å². The van der Waals surface area contributed by atoms with Gasteiger partial charge in [0.1, 0.15) is 6.54 Å². The van der Waals surface area contributed by atoms with E-state index in [1.807, 2.05) is 60.7 Å². The quantitative estimate of drug-likeness (QED) is 0.648. The van der Waals surface area contributed by atoms with E-state index in [-0.39, 0.29) is 42.0 Å². The zero-order valence-corrected chi connectivity index (χ0v) is 17.2. The normalized spacial score (nSPS) is 23.1. The molecule has 3 atom stereocenters. The highest BCUT2D eigenvalue weighted by Crippen LogP contribution is 2.44. The molecule has 2 aliphatic rings. The summed E-state index contributed by atoms with van der Waals surface area (Å²) in [5.41, 5.74) is 1.90. The largest absolute Gasteiger partial charge is 0.324 e. The molecule has 156 valence electrons. The van der Waals surface area contributed by atoms with Gasteiger partial charge in [0.25, 0.3) is 0 Å². The lowest BCUT2D eigenvalue weighted by atomic mass is 9.73. The molecule has 1 heterocycles. The third-order valence-corrected chi connectivity index (χ3v) is 6.65. The van der Waals surface area contributed by atoms with E-state index in [0.717, 1.165) is 17.2 Å². The maximum Gasteiger partial charge on any atom is 0.244 e. The topological polar surface area (TPSA) is 66.5 Å². The smallest absolute Gasteiger partial charge is 0.244 e. The fourth-order valence-electron chi connectivity index (χ4n) is 5.10. The molecule has 2 fully saturated rings. The van der Waals surface area contributed by atoms with Gasteiger partial charge in [-0.2, -0.15) is 0 Å². The first-order valence-electron chi connectivity index (χ1n) is 10.8. The maximum atomic E-state index is 13.1. The zero-order chi connectivity index (χ0) is 21.4. The molecule has 1 aliphatic heterocycles. The van der Waals surface area contributed by atoms with Crippen LogP contribution in [-0.4, -0.2) is 29.2 Å². The van der Waals surface area contributed by atoms with E-state index in [0.29, 0.717) is 18.5 Å². The number of nitrogens with one attached hydrogen (secondary N) is 1. The van der Waals surface area contributed by atoms with Crippen molar-refractivity contribution in [2.75, 3.05) is 11.9 Å². The fraction of sp³-hybridized carbons (Fsp3) is 0.269. The number of likely N-dealkylation sites (tertiary alicyclic amines) is 1. The van der Waals surface area contributed by atoms with E-state index >= 15 is 0 Å². The Bertz CT molecular complexity index is 1150. The number of amides is 3. The molecule has 1 saturated carbocycles. The second-order valence-corrected chi connectivity index (χ2v) is 8.47. The first-order valence-corrected chi connectivity index (χ1v) is 10.8. The minimum absolute atomic E-state index is 0.199. The third-order valence-electron chi connectivity index (χ3n) is 6.65. The molecule has 1 aliphatic carbocycles. The predicted molar refractivity (Wildman–Crippen MR) is 119 cm³/mol. The van der Waals surface area contributed by atoms with Crippen molar-refractivity contribution >= 4 is 34.2 Å². The molecular weight excluding hydrogens is 388 g/mol. The summed E-state index contributed by atoms with van der Waals surface area (Å²) in [5, 5.41) is 4.83. The lowest BCUT2D eigenvalue weighted by molar-refractivity contribution is -0.142. The van der Waals surface area contributed by atoms with Gasteiger partial charge < -0.3 is 5.32 Å². The van der Waals surface area contributed by atoms with Gasteiger partial charge in [-0.15, -0.1) is 0 Å². The average molecular weight is 412 g/mol. The van der Waals surface area contributed by atoms with Gasteiger partial charge in [-0.05, 0) is 42.2 Å². The molecule has 1 saturated heterocycles. The number of carbonyl (C=O) groups excluding carboxylic acids is 3. The predicted octanol–water partition coefficient (Wildman–Crippen LogP) is 4.35. The number of hydrogen-bond acceptors (Lipinski definition) is 3. The van der Waals surface area contributed by atoms with Crippen molar-refractivity contribution in [3.63, 3.8) is 0 Å². The molecule has 0 radical (unpaired) electrons. The Morgan fingerprint density at radius 2 is 1.55 bits per heavy atom. The minimum Gasteiger partial charge on any atom is -0.324 e. The van der Waals surface area contributed by atoms with E-state index in [1.165, 1.54) is 10.5 Å². The second kappa shape index (κ2) is 7.99. The minimum atomic E-state index is -0.351. The second-order valence-electron chi connectivity index (χ2n) is 8.47.